The van der Waals surface area contributed by atoms with Crippen LogP contribution in [-0.2, 0) is 13.0 Å². The van der Waals surface area contributed by atoms with Crippen molar-refractivity contribution in [1.29, 1.82) is 0 Å². The Bertz CT molecular complexity index is 677. The summed E-state index contributed by atoms with van der Waals surface area (Å²) in [7, 11) is 0. The zero-order valence-electron chi connectivity index (χ0n) is 9.96. The Balaban J connectivity index is 2.15. The van der Waals surface area contributed by atoms with Gasteiger partial charge in [0.15, 0.2) is 0 Å². The summed E-state index contributed by atoms with van der Waals surface area (Å²) in [6, 6.07) is 5.12. The second kappa shape index (κ2) is 4.96. The van der Waals surface area contributed by atoms with E-state index in [1.54, 1.807) is 18.2 Å². The molecule has 6 heteroatoms. The van der Waals surface area contributed by atoms with Gasteiger partial charge in [0.25, 0.3) is 5.56 Å². The highest BCUT2D eigenvalue weighted by Crippen LogP contribution is 2.25. The Labute approximate surface area is 119 Å². The Morgan fingerprint density at radius 3 is 2.63 bits per heavy atom. The van der Waals surface area contributed by atoms with Gasteiger partial charge in [0.1, 0.15) is 5.82 Å². The minimum atomic E-state index is -0.108. The minimum Gasteiger partial charge on any atom is -0.312 e. The smallest absolute Gasteiger partial charge is 0.255 e. The van der Waals surface area contributed by atoms with Gasteiger partial charge in [0, 0.05) is 35.1 Å². The van der Waals surface area contributed by atoms with E-state index in [2.05, 4.69) is 15.3 Å². The van der Waals surface area contributed by atoms with Gasteiger partial charge >= 0.3 is 0 Å². The first-order chi connectivity index (χ1) is 9.13. The average Bonchev–Trinajstić information content (AvgIpc) is 2.37. The summed E-state index contributed by atoms with van der Waals surface area (Å²) >= 11 is 11.9. The summed E-state index contributed by atoms with van der Waals surface area (Å²) in [4.78, 5) is 19.3. The van der Waals surface area contributed by atoms with Gasteiger partial charge in [-0.2, -0.15) is 0 Å². The minimum absolute atomic E-state index is 0.108. The zero-order chi connectivity index (χ0) is 13.4. The van der Waals surface area contributed by atoms with Gasteiger partial charge < -0.3 is 10.3 Å². The number of hydrogen-bond acceptors (Lipinski definition) is 3. The third-order valence-corrected chi connectivity index (χ3v) is 3.51. The number of hydrogen-bond donors (Lipinski definition) is 2. The van der Waals surface area contributed by atoms with Gasteiger partial charge in [-0.1, -0.05) is 23.2 Å². The van der Waals surface area contributed by atoms with Crippen LogP contribution in [0.5, 0.6) is 0 Å². The molecule has 2 aromatic rings. The highest BCUT2D eigenvalue weighted by atomic mass is 35.5. The average molecular weight is 296 g/mol. The maximum Gasteiger partial charge on any atom is 0.255 e. The number of aromatic nitrogens is 2. The van der Waals surface area contributed by atoms with Gasteiger partial charge in [-0.05, 0) is 18.2 Å². The molecule has 1 aromatic carbocycles. The van der Waals surface area contributed by atoms with E-state index >= 15 is 0 Å². The van der Waals surface area contributed by atoms with E-state index in [1.165, 1.54) is 0 Å². The Morgan fingerprint density at radius 2 is 1.89 bits per heavy atom. The predicted octanol–water partition coefficient (Wildman–Crippen LogP) is 2.39. The van der Waals surface area contributed by atoms with Crippen LogP contribution in [0.2, 0.25) is 10.0 Å². The molecule has 0 saturated heterocycles. The molecule has 0 radical (unpaired) electrons. The summed E-state index contributed by atoms with van der Waals surface area (Å²) in [5.41, 5.74) is 2.16. The highest BCUT2D eigenvalue weighted by Gasteiger charge is 2.16. The van der Waals surface area contributed by atoms with Crippen molar-refractivity contribution in [1.82, 2.24) is 15.3 Å². The first kappa shape index (κ1) is 12.7. The fourth-order valence-corrected chi connectivity index (χ4v) is 2.71. The monoisotopic (exact) mass is 295 g/mol. The van der Waals surface area contributed by atoms with Crippen molar-refractivity contribution < 1.29 is 0 Å². The van der Waals surface area contributed by atoms with E-state index in [0.29, 0.717) is 28.0 Å². The second-order valence-corrected chi connectivity index (χ2v) is 5.30. The van der Waals surface area contributed by atoms with Gasteiger partial charge in [-0.25, -0.2) is 4.98 Å². The summed E-state index contributed by atoms with van der Waals surface area (Å²) in [5, 5.41) is 4.19. The molecule has 0 bridgehead atoms. The van der Waals surface area contributed by atoms with Crippen molar-refractivity contribution in [3.63, 3.8) is 0 Å². The summed E-state index contributed by atoms with van der Waals surface area (Å²) < 4.78 is 0. The quantitative estimate of drug-likeness (QED) is 0.849. The molecule has 0 unspecified atom stereocenters. The summed E-state index contributed by atoms with van der Waals surface area (Å²) in [5.74, 6) is 0.509. The number of halogens is 2. The molecule has 0 spiro atoms. The number of nitrogens with one attached hydrogen (secondary N) is 2. The topological polar surface area (TPSA) is 57.8 Å². The van der Waals surface area contributed by atoms with Crippen LogP contribution >= 0.6 is 23.2 Å². The van der Waals surface area contributed by atoms with E-state index < -0.39 is 0 Å². The van der Waals surface area contributed by atoms with Crippen LogP contribution in [-0.4, -0.2) is 16.5 Å². The standard InChI is InChI=1S/C13H11Cl2N3O/c14-8-3-7(4-9(15)5-8)12-17-11-1-2-16-6-10(11)13(19)18-12/h3-5,16H,1-2,6H2,(H,17,18,19). The maximum atomic E-state index is 12.0. The van der Waals surface area contributed by atoms with Crippen LogP contribution in [0.25, 0.3) is 11.4 Å². The van der Waals surface area contributed by atoms with Crippen LogP contribution in [0.4, 0.5) is 0 Å². The predicted molar refractivity (Wildman–Crippen MR) is 75.7 cm³/mol. The number of H-pyrrole nitrogens is 1. The maximum absolute atomic E-state index is 12.0. The molecule has 0 fully saturated rings. The van der Waals surface area contributed by atoms with Crippen LogP contribution < -0.4 is 10.9 Å². The molecule has 19 heavy (non-hydrogen) atoms. The van der Waals surface area contributed by atoms with Crippen molar-refractivity contribution in [3.05, 3.63) is 49.9 Å². The number of rotatable bonds is 1. The number of nitrogens with zero attached hydrogens (tertiary/aromatic N) is 1. The van der Waals surface area contributed by atoms with E-state index in [9.17, 15) is 4.79 Å². The van der Waals surface area contributed by atoms with Crippen molar-refractivity contribution in [3.8, 4) is 11.4 Å². The van der Waals surface area contributed by atoms with Crippen molar-refractivity contribution >= 4 is 23.2 Å². The molecule has 2 N–H and O–H groups in total. The lowest BCUT2D eigenvalue weighted by Crippen LogP contribution is -2.31. The summed E-state index contributed by atoms with van der Waals surface area (Å²) in [6.45, 7) is 1.40. The fourth-order valence-electron chi connectivity index (χ4n) is 2.18. The summed E-state index contributed by atoms with van der Waals surface area (Å²) in [6.07, 6.45) is 0.751. The molecule has 3 rings (SSSR count). The molecule has 1 aromatic heterocycles. The van der Waals surface area contributed by atoms with Crippen molar-refractivity contribution in [2.24, 2.45) is 0 Å². The van der Waals surface area contributed by atoms with Gasteiger partial charge in [0.05, 0.1) is 11.3 Å². The molecule has 0 saturated carbocycles. The van der Waals surface area contributed by atoms with E-state index in [4.69, 9.17) is 23.2 Å². The first-order valence-electron chi connectivity index (χ1n) is 5.93. The van der Waals surface area contributed by atoms with Gasteiger partial charge in [0.2, 0.25) is 0 Å². The SMILES string of the molecule is O=c1[nH]c(-c2cc(Cl)cc(Cl)c2)nc2c1CNCC2. The van der Waals surface area contributed by atoms with Crippen molar-refractivity contribution in [2.45, 2.75) is 13.0 Å². The number of aromatic amines is 1. The number of fused-ring (bicyclic) bond motifs is 1. The van der Waals surface area contributed by atoms with Gasteiger partial charge in [-0.15, -0.1) is 0 Å². The molecule has 1 aliphatic rings. The molecule has 0 aliphatic carbocycles. The molecule has 98 valence electrons. The Hall–Kier alpha value is -1.36. The van der Waals surface area contributed by atoms with Crippen LogP contribution in [0.3, 0.4) is 0 Å². The van der Waals surface area contributed by atoms with Gasteiger partial charge in [-0.3, -0.25) is 4.79 Å². The molecular formula is C13H11Cl2N3O. The van der Waals surface area contributed by atoms with Crippen LogP contribution in [0, 0.1) is 0 Å². The molecule has 1 aliphatic heterocycles. The molecule has 4 nitrogen and oxygen atoms in total. The van der Waals surface area contributed by atoms with E-state index in [0.717, 1.165) is 24.2 Å². The first-order valence-corrected chi connectivity index (χ1v) is 6.68. The highest BCUT2D eigenvalue weighted by molar-refractivity contribution is 6.35. The lowest BCUT2D eigenvalue weighted by atomic mass is 10.1. The lowest BCUT2D eigenvalue weighted by molar-refractivity contribution is 0.621. The second-order valence-electron chi connectivity index (χ2n) is 4.42. The van der Waals surface area contributed by atoms with Crippen LogP contribution in [0.15, 0.2) is 23.0 Å². The number of benzene rings is 1. The fraction of sp³-hybridized carbons (Fsp3) is 0.231. The lowest BCUT2D eigenvalue weighted by Gasteiger charge is -2.16. The van der Waals surface area contributed by atoms with E-state index in [-0.39, 0.29) is 5.56 Å². The molecule has 2 heterocycles. The van der Waals surface area contributed by atoms with Crippen LogP contribution in [0.1, 0.15) is 11.3 Å². The van der Waals surface area contributed by atoms with E-state index in [1.807, 2.05) is 0 Å². The zero-order valence-corrected chi connectivity index (χ0v) is 11.5. The third kappa shape index (κ3) is 2.52. The third-order valence-electron chi connectivity index (χ3n) is 3.08. The molecule has 0 atom stereocenters. The van der Waals surface area contributed by atoms with Crippen molar-refractivity contribution in [2.75, 3.05) is 6.54 Å². The largest absolute Gasteiger partial charge is 0.312 e. The Morgan fingerprint density at radius 1 is 1.16 bits per heavy atom. The Kier molecular flexibility index (Phi) is 3.31. The molecule has 0 amide bonds. The molecular weight excluding hydrogens is 285 g/mol. The normalized spacial score (nSPS) is 14.2.